The van der Waals surface area contributed by atoms with Gasteiger partial charge < -0.3 is 4.42 Å². The van der Waals surface area contributed by atoms with Crippen LogP contribution in [0.1, 0.15) is 19.2 Å². The SMILES string of the molecule is CCCn1c(SCc2nnc(-c3ccc(Cl)cc3)o2)n[nH]c1=O. The van der Waals surface area contributed by atoms with Gasteiger partial charge >= 0.3 is 5.69 Å². The maximum atomic E-state index is 11.6. The maximum Gasteiger partial charge on any atom is 0.343 e. The molecule has 7 nitrogen and oxygen atoms in total. The Hall–Kier alpha value is -2.06. The van der Waals surface area contributed by atoms with Gasteiger partial charge in [0, 0.05) is 17.1 Å². The van der Waals surface area contributed by atoms with Crippen molar-refractivity contribution in [1.29, 1.82) is 0 Å². The van der Waals surface area contributed by atoms with Crippen LogP contribution in [-0.2, 0) is 12.3 Å². The lowest BCUT2D eigenvalue weighted by Crippen LogP contribution is -2.17. The summed E-state index contributed by atoms with van der Waals surface area (Å²) < 4.78 is 7.22. The van der Waals surface area contributed by atoms with Gasteiger partial charge in [0.15, 0.2) is 5.16 Å². The summed E-state index contributed by atoms with van der Waals surface area (Å²) in [4.78, 5) is 11.6. The Bertz CT molecular complexity index is 839. The van der Waals surface area contributed by atoms with Crippen molar-refractivity contribution in [3.63, 3.8) is 0 Å². The van der Waals surface area contributed by atoms with Gasteiger partial charge in [-0.15, -0.1) is 15.3 Å². The summed E-state index contributed by atoms with van der Waals surface area (Å²) in [5.41, 5.74) is 0.600. The molecule has 1 aromatic carbocycles. The molecular weight excluding hydrogens is 338 g/mol. The van der Waals surface area contributed by atoms with E-state index in [4.69, 9.17) is 16.0 Å². The minimum Gasteiger partial charge on any atom is -0.420 e. The number of nitrogens with one attached hydrogen (secondary N) is 1. The van der Waals surface area contributed by atoms with E-state index in [1.54, 1.807) is 16.7 Å². The van der Waals surface area contributed by atoms with Crippen molar-refractivity contribution in [2.45, 2.75) is 30.8 Å². The van der Waals surface area contributed by atoms with Gasteiger partial charge in [0.05, 0.1) is 5.75 Å². The summed E-state index contributed by atoms with van der Waals surface area (Å²) in [6, 6.07) is 7.17. The van der Waals surface area contributed by atoms with Crippen LogP contribution in [0.5, 0.6) is 0 Å². The molecule has 2 heterocycles. The normalized spacial score (nSPS) is 11.0. The molecule has 0 amide bonds. The van der Waals surface area contributed by atoms with E-state index < -0.39 is 0 Å². The van der Waals surface area contributed by atoms with E-state index in [2.05, 4.69) is 20.4 Å². The number of aromatic amines is 1. The Kier molecular flexibility index (Phi) is 4.82. The largest absolute Gasteiger partial charge is 0.420 e. The second kappa shape index (κ2) is 7.01. The van der Waals surface area contributed by atoms with Gasteiger partial charge in [-0.1, -0.05) is 30.3 Å². The minimum absolute atomic E-state index is 0.207. The van der Waals surface area contributed by atoms with Crippen LogP contribution in [0, 0.1) is 0 Å². The summed E-state index contributed by atoms with van der Waals surface area (Å²) in [7, 11) is 0. The van der Waals surface area contributed by atoms with Crippen molar-refractivity contribution in [3.8, 4) is 11.5 Å². The summed E-state index contributed by atoms with van der Waals surface area (Å²) in [6.45, 7) is 2.63. The molecule has 120 valence electrons. The number of aromatic nitrogens is 5. The first-order valence-electron chi connectivity index (χ1n) is 7.03. The summed E-state index contributed by atoms with van der Waals surface area (Å²) in [5, 5.41) is 15.8. The highest BCUT2D eigenvalue weighted by molar-refractivity contribution is 7.98. The number of thioether (sulfide) groups is 1. The Morgan fingerprint density at radius 2 is 2.09 bits per heavy atom. The van der Waals surface area contributed by atoms with Gasteiger partial charge in [-0.05, 0) is 30.7 Å². The lowest BCUT2D eigenvalue weighted by molar-refractivity contribution is 0.527. The first-order valence-corrected chi connectivity index (χ1v) is 8.40. The monoisotopic (exact) mass is 351 g/mol. The molecule has 2 aromatic heterocycles. The van der Waals surface area contributed by atoms with Crippen LogP contribution in [-0.4, -0.2) is 25.0 Å². The van der Waals surface area contributed by atoms with Gasteiger partial charge in [0.25, 0.3) is 0 Å². The predicted molar refractivity (Wildman–Crippen MR) is 87.4 cm³/mol. The van der Waals surface area contributed by atoms with Crippen molar-refractivity contribution < 1.29 is 4.42 Å². The molecule has 23 heavy (non-hydrogen) atoms. The van der Waals surface area contributed by atoms with Gasteiger partial charge in [-0.25, -0.2) is 9.89 Å². The molecule has 0 bridgehead atoms. The third-order valence-corrected chi connectivity index (χ3v) is 4.27. The van der Waals surface area contributed by atoms with Crippen molar-refractivity contribution in [2.75, 3.05) is 0 Å². The lowest BCUT2D eigenvalue weighted by Gasteiger charge is -2.01. The van der Waals surface area contributed by atoms with Crippen LogP contribution in [0.15, 0.2) is 38.6 Å². The first-order chi connectivity index (χ1) is 11.2. The van der Waals surface area contributed by atoms with Crippen molar-refractivity contribution >= 4 is 23.4 Å². The molecule has 0 fully saturated rings. The fraction of sp³-hybridized carbons (Fsp3) is 0.286. The molecule has 3 aromatic rings. The molecule has 0 saturated carbocycles. The molecule has 3 rings (SSSR count). The molecular formula is C14H14ClN5O2S. The Morgan fingerprint density at radius 1 is 1.30 bits per heavy atom. The van der Waals surface area contributed by atoms with E-state index in [0.29, 0.717) is 34.3 Å². The number of hydrogen-bond donors (Lipinski definition) is 1. The predicted octanol–water partition coefficient (Wildman–Crippen LogP) is 2.98. The van der Waals surface area contributed by atoms with Crippen LogP contribution >= 0.6 is 23.4 Å². The third-order valence-electron chi connectivity index (χ3n) is 3.05. The molecule has 0 aliphatic carbocycles. The highest BCUT2D eigenvalue weighted by Gasteiger charge is 2.12. The zero-order chi connectivity index (χ0) is 16.2. The number of rotatable bonds is 6. The number of H-pyrrole nitrogens is 1. The fourth-order valence-corrected chi connectivity index (χ4v) is 2.92. The number of nitrogens with zero attached hydrogens (tertiary/aromatic N) is 4. The number of hydrogen-bond acceptors (Lipinski definition) is 6. The van der Waals surface area contributed by atoms with Gasteiger partial charge in [0.1, 0.15) is 0 Å². The van der Waals surface area contributed by atoms with Crippen LogP contribution in [0.4, 0.5) is 0 Å². The molecule has 1 N–H and O–H groups in total. The topological polar surface area (TPSA) is 89.6 Å². The number of benzene rings is 1. The van der Waals surface area contributed by atoms with Gasteiger partial charge in [-0.2, -0.15) is 0 Å². The Morgan fingerprint density at radius 3 is 2.83 bits per heavy atom. The van der Waals surface area contributed by atoms with E-state index in [1.165, 1.54) is 11.8 Å². The van der Waals surface area contributed by atoms with Crippen LogP contribution in [0.25, 0.3) is 11.5 Å². The maximum absolute atomic E-state index is 11.6. The minimum atomic E-state index is -0.207. The van der Waals surface area contributed by atoms with Gasteiger partial charge in [-0.3, -0.25) is 4.57 Å². The summed E-state index contributed by atoms with van der Waals surface area (Å²) in [5.74, 6) is 1.35. The zero-order valence-corrected chi connectivity index (χ0v) is 13.9. The van der Waals surface area contributed by atoms with Gasteiger partial charge in [0.2, 0.25) is 11.8 Å². The highest BCUT2D eigenvalue weighted by atomic mass is 35.5. The molecule has 0 aliphatic heterocycles. The summed E-state index contributed by atoms with van der Waals surface area (Å²) >= 11 is 7.23. The van der Waals surface area contributed by atoms with E-state index in [1.807, 2.05) is 19.1 Å². The molecule has 0 spiro atoms. The van der Waals surface area contributed by atoms with E-state index in [9.17, 15) is 4.79 Å². The molecule has 9 heteroatoms. The second-order valence-corrected chi connectivity index (χ2v) is 6.14. The Labute approximate surface area is 141 Å². The molecule has 0 atom stereocenters. The average molecular weight is 352 g/mol. The smallest absolute Gasteiger partial charge is 0.343 e. The van der Waals surface area contributed by atoms with Crippen LogP contribution < -0.4 is 5.69 Å². The first kappa shape index (κ1) is 15.8. The lowest BCUT2D eigenvalue weighted by atomic mass is 10.2. The third kappa shape index (κ3) is 3.65. The van der Waals surface area contributed by atoms with Crippen molar-refractivity contribution in [3.05, 3.63) is 45.7 Å². The van der Waals surface area contributed by atoms with Crippen LogP contribution in [0.3, 0.4) is 0 Å². The average Bonchev–Trinajstić information content (AvgIpc) is 3.15. The molecule has 0 saturated heterocycles. The summed E-state index contributed by atoms with van der Waals surface area (Å²) in [6.07, 6.45) is 0.855. The number of halogens is 1. The van der Waals surface area contributed by atoms with Crippen molar-refractivity contribution in [1.82, 2.24) is 25.0 Å². The van der Waals surface area contributed by atoms with E-state index in [-0.39, 0.29) is 5.69 Å². The second-order valence-electron chi connectivity index (χ2n) is 4.76. The standard InChI is InChI=1S/C14H14ClN5O2S/c1-2-7-20-13(21)18-19-14(20)23-8-11-16-17-12(22-11)9-3-5-10(15)6-4-9/h3-6H,2,7-8H2,1H3,(H,18,21). The molecule has 0 radical (unpaired) electrons. The fourth-order valence-electron chi connectivity index (χ4n) is 1.98. The van der Waals surface area contributed by atoms with E-state index in [0.717, 1.165) is 12.0 Å². The highest BCUT2D eigenvalue weighted by Crippen LogP contribution is 2.23. The molecule has 0 aliphatic rings. The van der Waals surface area contributed by atoms with E-state index >= 15 is 0 Å². The molecule has 0 unspecified atom stereocenters. The zero-order valence-electron chi connectivity index (χ0n) is 12.3. The van der Waals surface area contributed by atoms with Crippen molar-refractivity contribution in [2.24, 2.45) is 0 Å². The van der Waals surface area contributed by atoms with Crippen LogP contribution in [0.2, 0.25) is 5.02 Å². The Balaban J connectivity index is 1.70. The quantitative estimate of drug-likeness (QED) is 0.687.